The number of hydrogen-bond donors (Lipinski definition) is 3. The van der Waals surface area contributed by atoms with Gasteiger partial charge in [-0.25, -0.2) is 0 Å². The van der Waals surface area contributed by atoms with Gasteiger partial charge in [-0.15, -0.1) is 0 Å². The number of nitrogens with one attached hydrogen (secondary N) is 3. The SMILES string of the molecule is CC(=O)NCCCNC(=O)CCNC(=O)C(F)(F)F. The number of hydrogen-bond acceptors (Lipinski definition) is 3. The third kappa shape index (κ3) is 9.86. The minimum absolute atomic E-state index is 0.179. The lowest BCUT2D eigenvalue weighted by Gasteiger charge is -2.08. The topological polar surface area (TPSA) is 87.3 Å². The van der Waals surface area contributed by atoms with E-state index in [2.05, 4.69) is 10.6 Å². The van der Waals surface area contributed by atoms with Gasteiger partial charge in [-0.1, -0.05) is 0 Å². The first-order chi connectivity index (χ1) is 8.73. The normalized spacial score (nSPS) is 10.7. The summed E-state index contributed by atoms with van der Waals surface area (Å²) >= 11 is 0. The van der Waals surface area contributed by atoms with E-state index in [4.69, 9.17) is 0 Å². The summed E-state index contributed by atoms with van der Waals surface area (Å²) in [4.78, 5) is 32.0. The minimum atomic E-state index is -4.94. The van der Waals surface area contributed by atoms with Crippen LogP contribution < -0.4 is 16.0 Å². The molecule has 0 saturated carbocycles. The zero-order chi connectivity index (χ0) is 14.9. The third-order valence-corrected chi connectivity index (χ3v) is 1.94. The maximum atomic E-state index is 11.8. The van der Waals surface area contributed by atoms with Crippen LogP contribution in [0.2, 0.25) is 0 Å². The van der Waals surface area contributed by atoms with Crippen LogP contribution >= 0.6 is 0 Å². The van der Waals surface area contributed by atoms with Crippen LogP contribution in [0, 0.1) is 0 Å². The van der Waals surface area contributed by atoms with E-state index < -0.39 is 18.0 Å². The summed E-state index contributed by atoms with van der Waals surface area (Å²) in [5.41, 5.74) is 0. The molecule has 0 aliphatic carbocycles. The van der Waals surface area contributed by atoms with Crippen molar-refractivity contribution < 1.29 is 27.6 Å². The fourth-order valence-corrected chi connectivity index (χ4v) is 1.06. The van der Waals surface area contributed by atoms with Crippen molar-refractivity contribution in [3.05, 3.63) is 0 Å². The lowest BCUT2D eigenvalue weighted by atomic mass is 10.3. The molecular formula is C10H16F3N3O3. The van der Waals surface area contributed by atoms with Crippen molar-refractivity contribution >= 4 is 17.7 Å². The molecule has 0 spiro atoms. The third-order valence-electron chi connectivity index (χ3n) is 1.94. The highest BCUT2D eigenvalue weighted by molar-refractivity contribution is 5.82. The first kappa shape index (κ1) is 17.2. The maximum Gasteiger partial charge on any atom is 0.471 e. The molecule has 0 saturated heterocycles. The summed E-state index contributed by atoms with van der Waals surface area (Å²) in [6.45, 7) is 1.69. The van der Waals surface area contributed by atoms with E-state index in [1.165, 1.54) is 6.92 Å². The molecule has 3 amide bonds. The smallest absolute Gasteiger partial charge is 0.356 e. The second-order valence-corrected chi connectivity index (χ2v) is 3.69. The molecule has 110 valence electrons. The molecule has 0 bridgehead atoms. The van der Waals surface area contributed by atoms with E-state index in [1.54, 1.807) is 5.32 Å². The number of alkyl halides is 3. The van der Waals surface area contributed by atoms with Crippen LogP contribution in [-0.4, -0.2) is 43.5 Å². The molecule has 0 atom stereocenters. The number of carbonyl (C=O) groups is 3. The zero-order valence-corrected chi connectivity index (χ0v) is 10.4. The Kier molecular flexibility index (Phi) is 7.54. The fourth-order valence-electron chi connectivity index (χ4n) is 1.06. The molecule has 0 rings (SSSR count). The Labute approximate surface area is 108 Å². The van der Waals surface area contributed by atoms with E-state index in [-0.39, 0.29) is 18.9 Å². The highest BCUT2D eigenvalue weighted by Crippen LogP contribution is 2.13. The van der Waals surface area contributed by atoms with E-state index in [9.17, 15) is 27.6 Å². The highest BCUT2D eigenvalue weighted by atomic mass is 19.4. The second-order valence-electron chi connectivity index (χ2n) is 3.69. The second kappa shape index (κ2) is 8.33. The predicted octanol–water partition coefficient (Wildman–Crippen LogP) is -0.303. The molecule has 9 heteroatoms. The Morgan fingerprint density at radius 1 is 0.947 bits per heavy atom. The summed E-state index contributed by atoms with van der Waals surface area (Å²) in [5, 5.41) is 6.56. The lowest BCUT2D eigenvalue weighted by Crippen LogP contribution is -2.39. The fraction of sp³-hybridized carbons (Fsp3) is 0.700. The number of carbonyl (C=O) groups excluding carboxylic acids is 3. The molecule has 0 aromatic carbocycles. The van der Waals surface area contributed by atoms with Gasteiger partial charge in [0.05, 0.1) is 0 Å². The molecule has 0 heterocycles. The molecular weight excluding hydrogens is 267 g/mol. The molecule has 0 aromatic heterocycles. The number of halogens is 3. The van der Waals surface area contributed by atoms with E-state index in [0.29, 0.717) is 19.5 Å². The molecule has 0 aromatic rings. The number of rotatable bonds is 7. The average molecular weight is 283 g/mol. The van der Waals surface area contributed by atoms with Crippen molar-refractivity contribution in [2.45, 2.75) is 25.9 Å². The molecule has 0 radical (unpaired) electrons. The van der Waals surface area contributed by atoms with Crippen molar-refractivity contribution in [1.29, 1.82) is 0 Å². The Morgan fingerprint density at radius 3 is 2.05 bits per heavy atom. The van der Waals surface area contributed by atoms with Crippen LogP contribution in [0.5, 0.6) is 0 Å². The van der Waals surface area contributed by atoms with Crippen LogP contribution in [0.15, 0.2) is 0 Å². The van der Waals surface area contributed by atoms with Crippen LogP contribution in [-0.2, 0) is 14.4 Å². The summed E-state index contributed by atoms with van der Waals surface area (Å²) in [6.07, 6.45) is -4.66. The Bertz CT molecular complexity index is 332. The quantitative estimate of drug-likeness (QED) is 0.560. The van der Waals surface area contributed by atoms with Gasteiger partial charge in [-0.05, 0) is 6.42 Å². The van der Waals surface area contributed by atoms with Crippen molar-refractivity contribution in [1.82, 2.24) is 16.0 Å². The van der Waals surface area contributed by atoms with Crippen molar-refractivity contribution in [2.24, 2.45) is 0 Å². The van der Waals surface area contributed by atoms with Gasteiger partial charge in [0.25, 0.3) is 0 Å². The van der Waals surface area contributed by atoms with Gasteiger partial charge in [0, 0.05) is 33.0 Å². The Morgan fingerprint density at radius 2 is 1.53 bits per heavy atom. The van der Waals surface area contributed by atoms with Crippen molar-refractivity contribution in [2.75, 3.05) is 19.6 Å². The molecule has 0 aliphatic heterocycles. The van der Waals surface area contributed by atoms with E-state index in [1.807, 2.05) is 0 Å². The molecule has 0 fully saturated rings. The van der Waals surface area contributed by atoms with Crippen LogP contribution in [0.25, 0.3) is 0 Å². The lowest BCUT2D eigenvalue weighted by molar-refractivity contribution is -0.173. The molecule has 19 heavy (non-hydrogen) atoms. The predicted molar refractivity (Wildman–Crippen MR) is 60.0 cm³/mol. The van der Waals surface area contributed by atoms with Crippen molar-refractivity contribution in [3.8, 4) is 0 Å². The van der Waals surface area contributed by atoms with Crippen LogP contribution in [0.3, 0.4) is 0 Å². The maximum absolute atomic E-state index is 11.8. The van der Waals surface area contributed by atoms with Gasteiger partial charge in [0.15, 0.2) is 0 Å². The van der Waals surface area contributed by atoms with Crippen LogP contribution in [0.4, 0.5) is 13.2 Å². The first-order valence-corrected chi connectivity index (χ1v) is 5.59. The number of amides is 3. The molecule has 0 unspecified atom stereocenters. The minimum Gasteiger partial charge on any atom is -0.356 e. The van der Waals surface area contributed by atoms with Crippen molar-refractivity contribution in [3.63, 3.8) is 0 Å². The molecule has 0 aliphatic rings. The van der Waals surface area contributed by atoms with Gasteiger partial charge in [0.1, 0.15) is 0 Å². The molecule has 6 nitrogen and oxygen atoms in total. The monoisotopic (exact) mass is 283 g/mol. The zero-order valence-electron chi connectivity index (χ0n) is 10.4. The highest BCUT2D eigenvalue weighted by Gasteiger charge is 2.38. The Hall–Kier alpha value is -1.80. The average Bonchev–Trinajstić information content (AvgIpc) is 2.26. The summed E-state index contributed by atoms with van der Waals surface area (Å²) in [7, 11) is 0. The Balaban J connectivity index is 3.55. The summed E-state index contributed by atoms with van der Waals surface area (Å²) in [5.74, 6) is -2.71. The summed E-state index contributed by atoms with van der Waals surface area (Å²) < 4.78 is 35.3. The van der Waals surface area contributed by atoms with Gasteiger partial charge < -0.3 is 16.0 Å². The van der Waals surface area contributed by atoms with Gasteiger partial charge >= 0.3 is 12.1 Å². The van der Waals surface area contributed by atoms with Gasteiger partial charge in [0.2, 0.25) is 11.8 Å². The van der Waals surface area contributed by atoms with E-state index in [0.717, 1.165) is 0 Å². The largest absolute Gasteiger partial charge is 0.471 e. The van der Waals surface area contributed by atoms with Gasteiger partial charge in [-0.2, -0.15) is 13.2 Å². The molecule has 3 N–H and O–H groups in total. The van der Waals surface area contributed by atoms with E-state index >= 15 is 0 Å². The van der Waals surface area contributed by atoms with Crippen LogP contribution in [0.1, 0.15) is 19.8 Å². The first-order valence-electron chi connectivity index (χ1n) is 5.59. The standard InChI is InChI=1S/C10H16F3N3O3/c1-7(17)14-4-2-5-15-8(18)3-6-16-9(19)10(11,12)13/h2-6H2,1H3,(H,14,17)(H,15,18)(H,16,19). The summed E-state index contributed by atoms with van der Waals surface area (Å²) in [6, 6.07) is 0. The van der Waals surface area contributed by atoms with Gasteiger partial charge in [-0.3, -0.25) is 14.4 Å².